The Morgan fingerprint density at radius 3 is 2.75 bits per heavy atom. The second-order valence-corrected chi connectivity index (χ2v) is 5.38. The van der Waals surface area contributed by atoms with Crippen LogP contribution in [0.25, 0.3) is 0 Å². The van der Waals surface area contributed by atoms with Crippen molar-refractivity contribution in [2.75, 3.05) is 6.61 Å². The molecule has 92 valence electrons. The zero-order valence-corrected chi connectivity index (χ0v) is 10.4. The molecule has 0 amide bonds. The molecule has 1 aliphatic carbocycles. The highest BCUT2D eigenvalue weighted by Crippen LogP contribution is 2.40. The van der Waals surface area contributed by atoms with Gasteiger partial charge >= 0.3 is 0 Å². The third-order valence-electron chi connectivity index (χ3n) is 4.16. The van der Waals surface area contributed by atoms with Gasteiger partial charge < -0.3 is 9.84 Å². The van der Waals surface area contributed by atoms with Crippen LogP contribution in [0.3, 0.4) is 0 Å². The molecule has 2 aliphatic rings. The highest BCUT2D eigenvalue weighted by Gasteiger charge is 2.36. The summed E-state index contributed by atoms with van der Waals surface area (Å²) in [5, 5.41) is 10.6. The Balaban J connectivity index is 1.92. The summed E-state index contributed by atoms with van der Waals surface area (Å²) in [4.78, 5) is 0. The number of hydrogen-bond donors (Lipinski definition) is 1. The van der Waals surface area contributed by atoms with Gasteiger partial charge in [0.25, 0.3) is 0 Å². The van der Waals surface area contributed by atoms with Gasteiger partial charge in [-0.1, -0.05) is 19.8 Å². The Bertz CT molecular complexity index is 249. The normalized spacial score (nSPS) is 35.4. The molecule has 2 rings (SSSR count). The maximum atomic E-state index is 10.6. The van der Waals surface area contributed by atoms with E-state index in [0.717, 1.165) is 43.8 Å². The SMILES string of the molecule is CCCC1CCC(O)(C2=COCCC2)CC1. The maximum Gasteiger partial charge on any atom is 0.0889 e. The molecule has 1 saturated carbocycles. The smallest absolute Gasteiger partial charge is 0.0889 e. The van der Waals surface area contributed by atoms with Crippen molar-refractivity contribution in [1.82, 2.24) is 0 Å². The number of hydrogen-bond acceptors (Lipinski definition) is 2. The lowest BCUT2D eigenvalue weighted by Crippen LogP contribution is -2.37. The summed E-state index contributed by atoms with van der Waals surface area (Å²) in [5.74, 6) is 0.843. The van der Waals surface area contributed by atoms with Gasteiger partial charge in [0.2, 0.25) is 0 Å². The third kappa shape index (κ3) is 2.60. The van der Waals surface area contributed by atoms with Crippen molar-refractivity contribution < 1.29 is 9.84 Å². The largest absolute Gasteiger partial charge is 0.501 e. The molecule has 0 aromatic carbocycles. The Hall–Kier alpha value is -0.500. The van der Waals surface area contributed by atoms with Gasteiger partial charge in [0.05, 0.1) is 18.5 Å². The van der Waals surface area contributed by atoms with Gasteiger partial charge in [-0.25, -0.2) is 0 Å². The van der Waals surface area contributed by atoms with Crippen LogP contribution < -0.4 is 0 Å². The molecule has 0 aromatic heterocycles. The van der Waals surface area contributed by atoms with Crippen molar-refractivity contribution in [2.24, 2.45) is 5.92 Å². The van der Waals surface area contributed by atoms with Gasteiger partial charge in [0, 0.05) is 0 Å². The molecule has 16 heavy (non-hydrogen) atoms. The fourth-order valence-electron chi connectivity index (χ4n) is 3.08. The molecule has 0 bridgehead atoms. The molecular weight excluding hydrogens is 200 g/mol. The van der Waals surface area contributed by atoms with Gasteiger partial charge in [0.15, 0.2) is 0 Å². The molecule has 1 N–H and O–H groups in total. The minimum Gasteiger partial charge on any atom is -0.501 e. The van der Waals surface area contributed by atoms with Crippen LogP contribution >= 0.6 is 0 Å². The molecule has 1 aliphatic heterocycles. The minimum absolute atomic E-state index is 0.537. The molecule has 0 radical (unpaired) electrons. The molecule has 0 atom stereocenters. The fourth-order valence-corrected chi connectivity index (χ4v) is 3.08. The van der Waals surface area contributed by atoms with E-state index in [0.29, 0.717) is 0 Å². The second-order valence-electron chi connectivity index (χ2n) is 5.38. The first kappa shape index (κ1) is 12.0. The molecule has 2 heteroatoms. The Kier molecular flexibility index (Phi) is 3.91. The lowest BCUT2D eigenvalue weighted by molar-refractivity contribution is 0.0123. The molecule has 1 fully saturated rings. The Morgan fingerprint density at radius 1 is 1.44 bits per heavy atom. The van der Waals surface area contributed by atoms with Crippen molar-refractivity contribution in [3.63, 3.8) is 0 Å². The van der Waals surface area contributed by atoms with Gasteiger partial charge in [-0.05, 0) is 50.0 Å². The van der Waals surface area contributed by atoms with E-state index in [2.05, 4.69) is 6.92 Å². The second kappa shape index (κ2) is 5.22. The first-order chi connectivity index (χ1) is 7.74. The fraction of sp³-hybridized carbons (Fsp3) is 0.857. The number of aliphatic hydroxyl groups is 1. The topological polar surface area (TPSA) is 29.5 Å². The van der Waals surface area contributed by atoms with Crippen LogP contribution in [0.2, 0.25) is 0 Å². The molecule has 1 heterocycles. The van der Waals surface area contributed by atoms with E-state index in [1.54, 1.807) is 0 Å². The summed E-state index contributed by atoms with van der Waals surface area (Å²) in [6.45, 7) is 3.07. The summed E-state index contributed by atoms with van der Waals surface area (Å²) >= 11 is 0. The summed E-state index contributed by atoms with van der Waals surface area (Å²) in [6, 6.07) is 0. The summed E-state index contributed by atoms with van der Waals surface area (Å²) in [5.41, 5.74) is 0.610. The van der Waals surface area contributed by atoms with E-state index in [1.807, 2.05) is 6.26 Å². The van der Waals surface area contributed by atoms with Crippen LogP contribution in [0.4, 0.5) is 0 Å². The number of ether oxygens (including phenoxy) is 1. The van der Waals surface area contributed by atoms with Gasteiger partial charge in [-0.15, -0.1) is 0 Å². The van der Waals surface area contributed by atoms with Crippen LogP contribution in [0.1, 0.15) is 58.3 Å². The number of rotatable bonds is 3. The molecule has 0 unspecified atom stereocenters. The molecule has 0 saturated heterocycles. The Labute approximate surface area is 98.7 Å². The van der Waals surface area contributed by atoms with Crippen LogP contribution in [0, 0.1) is 5.92 Å². The van der Waals surface area contributed by atoms with Crippen molar-refractivity contribution in [3.8, 4) is 0 Å². The zero-order valence-electron chi connectivity index (χ0n) is 10.4. The first-order valence-corrected chi connectivity index (χ1v) is 6.78. The van der Waals surface area contributed by atoms with E-state index in [4.69, 9.17) is 4.74 Å². The lowest BCUT2D eigenvalue weighted by Gasteiger charge is -2.38. The van der Waals surface area contributed by atoms with Crippen molar-refractivity contribution in [2.45, 2.75) is 63.9 Å². The van der Waals surface area contributed by atoms with Gasteiger partial charge in [0.1, 0.15) is 0 Å². The van der Waals surface area contributed by atoms with Crippen LogP contribution in [0.5, 0.6) is 0 Å². The molecule has 2 nitrogen and oxygen atoms in total. The third-order valence-corrected chi connectivity index (χ3v) is 4.16. The monoisotopic (exact) mass is 224 g/mol. The van der Waals surface area contributed by atoms with Crippen LogP contribution in [-0.4, -0.2) is 17.3 Å². The Morgan fingerprint density at radius 2 is 2.19 bits per heavy atom. The van der Waals surface area contributed by atoms with Gasteiger partial charge in [-0.3, -0.25) is 0 Å². The van der Waals surface area contributed by atoms with Crippen molar-refractivity contribution in [1.29, 1.82) is 0 Å². The van der Waals surface area contributed by atoms with Crippen LogP contribution in [0.15, 0.2) is 11.8 Å². The average molecular weight is 224 g/mol. The standard InChI is InChI=1S/C14H24O2/c1-2-4-12-6-8-14(15,9-7-12)13-5-3-10-16-11-13/h11-12,15H,2-10H2,1H3. The molecule has 0 spiro atoms. The van der Waals surface area contributed by atoms with E-state index in [-0.39, 0.29) is 0 Å². The quantitative estimate of drug-likeness (QED) is 0.796. The van der Waals surface area contributed by atoms with E-state index < -0.39 is 5.60 Å². The summed E-state index contributed by atoms with van der Waals surface area (Å²) < 4.78 is 5.35. The zero-order chi connectivity index (χ0) is 11.4. The lowest BCUT2D eigenvalue weighted by atomic mass is 9.73. The van der Waals surface area contributed by atoms with E-state index in [9.17, 15) is 5.11 Å². The predicted molar refractivity (Wildman–Crippen MR) is 65.1 cm³/mol. The van der Waals surface area contributed by atoms with Gasteiger partial charge in [-0.2, -0.15) is 0 Å². The first-order valence-electron chi connectivity index (χ1n) is 6.78. The summed E-state index contributed by atoms with van der Waals surface area (Å²) in [6.07, 6.45) is 10.7. The molecular formula is C14H24O2. The van der Waals surface area contributed by atoms with E-state index in [1.165, 1.54) is 25.7 Å². The van der Waals surface area contributed by atoms with Crippen molar-refractivity contribution in [3.05, 3.63) is 11.8 Å². The predicted octanol–water partition coefficient (Wildman–Crippen LogP) is 3.40. The van der Waals surface area contributed by atoms with Crippen molar-refractivity contribution >= 4 is 0 Å². The highest BCUT2D eigenvalue weighted by atomic mass is 16.5. The maximum absolute atomic E-state index is 10.6. The minimum atomic E-state index is -0.537. The van der Waals surface area contributed by atoms with E-state index >= 15 is 0 Å². The van der Waals surface area contributed by atoms with Crippen LogP contribution in [-0.2, 0) is 4.74 Å². The summed E-state index contributed by atoms with van der Waals surface area (Å²) in [7, 11) is 0. The average Bonchev–Trinajstić information content (AvgIpc) is 2.34. The molecule has 0 aromatic rings. The highest BCUT2D eigenvalue weighted by molar-refractivity contribution is 5.17.